The third-order valence-corrected chi connectivity index (χ3v) is 6.00. The molecule has 0 saturated heterocycles. The van der Waals surface area contributed by atoms with Crippen LogP contribution in [0.3, 0.4) is 0 Å². The lowest BCUT2D eigenvalue weighted by molar-refractivity contribution is -0.142. The van der Waals surface area contributed by atoms with Crippen molar-refractivity contribution < 1.29 is 66.7 Å². The normalized spacial score (nSPS) is 10.9. The number of para-hydroxylation sites is 2. The zero-order chi connectivity index (χ0) is 36.0. The minimum absolute atomic E-state index is 0. The smallest absolute Gasteiger partial charge is 0.436 e. The van der Waals surface area contributed by atoms with Crippen LogP contribution in [0.15, 0.2) is 48.5 Å². The summed E-state index contributed by atoms with van der Waals surface area (Å²) >= 11 is 4.80. The van der Waals surface area contributed by atoms with Crippen LogP contribution in [0.25, 0.3) is 0 Å². The fraction of sp³-hybridized carbons (Fsp3) is 0.214. The van der Waals surface area contributed by atoms with E-state index in [0.29, 0.717) is 20.6 Å². The van der Waals surface area contributed by atoms with E-state index in [4.69, 9.17) is 17.3 Å². The van der Waals surface area contributed by atoms with E-state index in [1.54, 1.807) is 18.2 Å². The maximum absolute atomic E-state index is 13.8. The van der Waals surface area contributed by atoms with Crippen LogP contribution in [0, 0.1) is 11.9 Å². The van der Waals surface area contributed by atoms with Gasteiger partial charge in [0, 0.05) is 30.9 Å². The van der Waals surface area contributed by atoms with Gasteiger partial charge >= 0.3 is 12.4 Å². The van der Waals surface area contributed by atoms with Gasteiger partial charge in [-0.3, -0.25) is 19.2 Å². The van der Waals surface area contributed by atoms with Gasteiger partial charge in [-0.15, -0.1) is 0 Å². The summed E-state index contributed by atoms with van der Waals surface area (Å²) < 4.78 is 102. The van der Waals surface area contributed by atoms with Gasteiger partial charge in [-0.05, 0) is 49.7 Å². The zero-order valence-corrected chi connectivity index (χ0v) is 26.4. The Hall–Kier alpha value is -4.84. The number of amides is 1. The third kappa shape index (κ3) is 10.1. The average Bonchev–Trinajstić information content (AvgIpc) is 3.44. The monoisotopic (exact) mass is 729 g/mol. The van der Waals surface area contributed by atoms with Crippen molar-refractivity contribution in [2.24, 2.45) is 14.1 Å². The number of nitrogens with one attached hydrogen (secondary N) is 1. The van der Waals surface area contributed by atoms with E-state index < -0.39 is 63.7 Å². The number of carbonyl (C=O) groups excluding carboxylic acids is 4. The van der Waals surface area contributed by atoms with Gasteiger partial charge in [0.15, 0.2) is 23.0 Å². The Morgan fingerprint density at radius 3 is 1.50 bits per heavy atom. The van der Waals surface area contributed by atoms with Crippen LogP contribution in [-0.4, -0.2) is 42.3 Å². The second-order valence-corrected chi connectivity index (χ2v) is 9.59. The molecule has 10 nitrogen and oxygen atoms in total. The van der Waals surface area contributed by atoms with Crippen molar-refractivity contribution in [3.8, 4) is 0 Å². The molecular formula is C28H23Cl2F8N6O4-. The minimum Gasteiger partial charge on any atom is -1.00 e. The van der Waals surface area contributed by atoms with Crippen molar-refractivity contribution in [3.63, 3.8) is 0 Å². The second kappa shape index (κ2) is 16.3. The Labute approximate surface area is 277 Å². The lowest BCUT2D eigenvalue weighted by Gasteiger charge is -2.10. The first-order chi connectivity index (χ1) is 21.6. The molecule has 2 aromatic carbocycles. The highest BCUT2D eigenvalue weighted by Gasteiger charge is 2.42. The number of Topliss-reactive ketones (excluding diaryl/α,β-unsaturated/α-hetero) is 2. The van der Waals surface area contributed by atoms with Crippen molar-refractivity contribution >= 4 is 45.7 Å². The van der Waals surface area contributed by atoms with E-state index in [1.807, 2.05) is 6.07 Å². The molecule has 20 heteroatoms. The SMILES string of the molecule is CC(=O)c1ccccc1N.CC(=O)c1ccccc1NC(=O)c1c(C(F)(F)F)nn(C)c1F.Cn1nc(C(F)(F)F)c(C(=O)Cl)c1F.[Cl-]. The molecule has 2 heterocycles. The number of alkyl halides is 6. The predicted molar refractivity (Wildman–Crippen MR) is 152 cm³/mol. The van der Waals surface area contributed by atoms with Gasteiger partial charge in [-0.1, -0.05) is 24.3 Å². The number of hydrogen-bond donors (Lipinski definition) is 2. The third-order valence-electron chi connectivity index (χ3n) is 5.81. The summed E-state index contributed by atoms with van der Waals surface area (Å²) in [7, 11) is 1.89. The molecule has 0 bridgehead atoms. The van der Waals surface area contributed by atoms with Crippen molar-refractivity contribution in [2.45, 2.75) is 26.2 Å². The first-order valence-corrected chi connectivity index (χ1v) is 13.0. The highest BCUT2D eigenvalue weighted by atomic mass is 35.5. The average molecular weight is 730 g/mol. The number of rotatable bonds is 5. The number of nitrogen functional groups attached to an aromatic ring is 1. The number of carbonyl (C=O) groups is 4. The van der Waals surface area contributed by atoms with Crippen LogP contribution in [-0.2, 0) is 26.4 Å². The van der Waals surface area contributed by atoms with Crippen molar-refractivity contribution in [3.05, 3.63) is 94.1 Å². The molecule has 0 radical (unpaired) electrons. The molecule has 3 N–H and O–H groups in total. The summed E-state index contributed by atoms with van der Waals surface area (Å²) in [5.74, 6) is -4.55. The lowest BCUT2D eigenvalue weighted by Crippen LogP contribution is -3.00. The highest BCUT2D eigenvalue weighted by Crippen LogP contribution is 2.33. The van der Waals surface area contributed by atoms with Crippen LogP contribution in [0.2, 0.25) is 0 Å². The fourth-order valence-corrected chi connectivity index (χ4v) is 3.85. The Kier molecular flexibility index (Phi) is 14.0. The van der Waals surface area contributed by atoms with E-state index in [0.717, 1.165) is 14.1 Å². The molecule has 0 aliphatic heterocycles. The van der Waals surface area contributed by atoms with Crippen molar-refractivity contribution in [1.29, 1.82) is 0 Å². The van der Waals surface area contributed by atoms with Crippen LogP contribution >= 0.6 is 11.6 Å². The number of aryl methyl sites for hydroxylation is 2. The maximum atomic E-state index is 13.8. The predicted octanol–water partition coefficient (Wildman–Crippen LogP) is 3.47. The highest BCUT2D eigenvalue weighted by molar-refractivity contribution is 6.67. The van der Waals surface area contributed by atoms with E-state index in [1.165, 1.54) is 38.1 Å². The van der Waals surface area contributed by atoms with Crippen LogP contribution in [0.5, 0.6) is 0 Å². The Morgan fingerprint density at radius 1 is 0.729 bits per heavy atom. The number of benzene rings is 2. The number of nitrogens with two attached hydrogens (primary N) is 1. The topological polar surface area (TPSA) is 142 Å². The van der Waals surface area contributed by atoms with E-state index in [9.17, 15) is 54.3 Å². The summed E-state index contributed by atoms with van der Waals surface area (Å²) in [6, 6.07) is 12.8. The molecular weight excluding hydrogens is 707 g/mol. The first-order valence-electron chi connectivity index (χ1n) is 12.6. The summed E-state index contributed by atoms with van der Waals surface area (Å²) in [4.78, 5) is 44.8. The Balaban J connectivity index is 0.000000392. The Morgan fingerprint density at radius 2 is 1.12 bits per heavy atom. The number of nitrogens with zero attached hydrogens (tertiary/aromatic N) is 4. The lowest BCUT2D eigenvalue weighted by atomic mass is 10.1. The van der Waals surface area contributed by atoms with Gasteiger partial charge in [0.1, 0.15) is 11.1 Å². The first kappa shape index (κ1) is 41.2. The summed E-state index contributed by atoms with van der Waals surface area (Å²) in [6.07, 6.45) is -9.89. The van der Waals surface area contributed by atoms with Crippen molar-refractivity contribution in [2.75, 3.05) is 11.1 Å². The van der Waals surface area contributed by atoms with E-state index in [-0.39, 0.29) is 29.4 Å². The summed E-state index contributed by atoms with van der Waals surface area (Å²) in [6.45, 7) is 2.74. The van der Waals surface area contributed by atoms with Gasteiger partial charge in [0.2, 0.25) is 11.9 Å². The van der Waals surface area contributed by atoms with Crippen LogP contribution in [0.1, 0.15) is 66.7 Å². The fourth-order valence-electron chi connectivity index (χ4n) is 3.68. The molecule has 0 spiro atoms. The standard InChI is InChI=1S/C14H11F4N3O2.C8H9NO.C6H3ClF4N2O.ClH/c1-7(22)8-5-3-4-6-9(8)19-13(23)10-11(14(16,17)18)20-21(2)12(10)15;1-6(10)7-4-2-3-5-8(7)9;1-13-5(8)2(4(7)14)3(12-13)6(9,10)11;/h3-6H,1-2H3,(H,19,23);2-5H,9H2,1H3;1H3;1H/p-1. The van der Waals surface area contributed by atoms with Gasteiger partial charge in [-0.2, -0.15) is 45.3 Å². The molecule has 0 aliphatic rings. The zero-order valence-electron chi connectivity index (χ0n) is 24.9. The minimum atomic E-state index is -4.99. The largest absolute Gasteiger partial charge is 1.00 e. The molecule has 0 aliphatic carbocycles. The van der Waals surface area contributed by atoms with E-state index >= 15 is 0 Å². The molecule has 2 aromatic heterocycles. The van der Waals surface area contributed by atoms with Gasteiger partial charge in [0.05, 0.1) is 5.69 Å². The molecule has 1 amide bonds. The maximum Gasteiger partial charge on any atom is 0.436 e. The molecule has 48 heavy (non-hydrogen) atoms. The quantitative estimate of drug-likeness (QED) is 0.139. The molecule has 4 rings (SSSR count). The molecule has 0 atom stereocenters. The molecule has 260 valence electrons. The molecule has 4 aromatic rings. The number of ketones is 2. The molecule has 0 unspecified atom stereocenters. The summed E-state index contributed by atoms with van der Waals surface area (Å²) in [5, 5.41) is 6.40. The summed E-state index contributed by atoms with van der Waals surface area (Å²) in [5.41, 5.74) is 1.02. The Bertz CT molecular complexity index is 1820. The molecule has 0 fully saturated rings. The number of anilines is 2. The second-order valence-electron chi connectivity index (χ2n) is 9.24. The number of hydrogen-bond acceptors (Lipinski definition) is 7. The van der Waals surface area contributed by atoms with Gasteiger partial charge in [0.25, 0.3) is 11.1 Å². The number of halogens is 10. The van der Waals surface area contributed by atoms with Crippen LogP contribution in [0.4, 0.5) is 46.5 Å². The van der Waals surface area contributed by atoms with E-state index in [2.05, 4.69) is 15.5 Å². The van der Waals surface area contributed by atoms with Gasteiger partial charge < -0.3 is 23.5 Å². The van der Waals surface area contributed by atoms with Crippen LogP contribution < -0.4 is 23.5 Å². The number of aromatic nitrogens is 4. The molecule has 0 saturated carbocycles. The van der Waals surface area contributed by atoms with Gasteiger partial charge in [-0.25, -0.2) is 9.36 Å². The van der Waals surface area contributed by atoms with Crippen molar-refractivity contribution in [1.82, 2.24) is 19.6 Å².